The lowest BCUT2D eigenvalue weighted by molar-refractivity contribution is 0.207. The maximum absolute atomic E-state index is 6.33. The molecule has 1 aliphatic heterocycles. The van der Waals surface area contributed by atoms with Gasteiger partial charge in [-0.1, -0.05) is 36.2 Å². The van der Waals surface area contributed by atoms with E-state index in [1.807, 2.05) is 18.2 Å². The highest BCUT2D eigenvalue weighted by Crippen LogP contribution is 2.31. The maximum atomic E-state index is 6.33. The quantitative estimate of drug-likeness (QED) is 0.910. The van der Waals surface area contributed by atoms with Crippen LogP contribution in [0.25, 0.3) is 0 Å². The number of benzene rings is 1. The summed E-state index contributed by atoms with van der Waals surface area (Å²) in [6, 6.07) is 5.92. The van der Waals surface area contributed by atoms with Crippen molar-refractivity contribution in [2.24, 2.45) is 11.7 Å². The highest BCUT2D eigenvalue weighted by atomic mass is 35.5. The summed E-state index contributed by atoms with van der Waals surface area (Å²) in [6.07, 6.45) is 3.78. The zero-order valence-electron chi connectivity index (χ0n) is 11.4. The second-order valence-electron chi connectivity index (χ2n) is 5.49. The summed E-state index contributed by atoms with van der Waals surface area (Å²) < 4.78 is 0. The van der Waals surface area contributed by atoms with Crippen LogP contribution in [0.3, 0.4) is 0 Å². The van der Waals surface area contributed by atoms with Gasteiger partial charge >= 0.3 is 0 Å². The molecule has 2 atom stereocenters. The van der Waals surface area contributed by atoms with E-state index in [0.717, 1.165) is 29.6 Å². The number of hydrogen-bond acceptors (Lipinski definition) is 2. The van der Waals surface area contributed by atoms with Gasteiger partial charge in [0.05, 0.1) is 0 Å². The number of likely N-dealkylation sites (tertiary alicyclic amines) is 1. The minimum atomic E-state index is 0.204. The second kappa shape index (κ2) is 6.94. The molecule has 0 aliphatic carbocycles. The SMILES string of the molecule is CC1CCCN(C(CN)c2ccc(Cl)cc2Cl)CC1. The zero-order chi connectivity index (χ0) is 13.8. The van der Waals surface area contributed by atoms with E-state index >= 15 is 0 Å². The third-order valence-corrected chi connectivity index (χ3v) is 4.60. The summed E-state index contributed by atoms with van der Waals surface area (Å²) in [7, 11) is 0. The summed E-state index contributed by atoms with van der Waals surface area (Å²) in [5.41, 5.74) is 7.10. The normalized spacial score (nSPS) is 23.1. The first-order valence-corrected chi connectivity index (χ1v) is 7.76. The van der Waals surface area contributed by atoms with Gasteiger partial charge in [0.15, 0.2) is 0 Å². The lowest BCUT2D eigenvalue weighted by Crippen LogP contribution is -2.34. The number of hydrogen-bond donors (Lipinski definition) is 1. The van der Waals surface area contributed by atoms with Crippen LogP contribution in [-0.4, -0.2) is 24.5 Å². The van der Waals surface area contributed by atoms with Crippen LogP contribution in [0.4, 0.5) is 0 Å². The van der Waals surface area contributed by atoms with Crippen molar-refractivity contribution in [2.45, 2.75) is 32.2 Å². The number of halogens is 2. The van der Waals surface area contributed by atoms with Crippen molar-refractivity contribution in [1.82, 2.24) is 4.90 Å². The predicted molar refractivity (Wildman–Crippen MR) is 82.8 cm³/mol. The molecule has 0 radical (unpaired) electrons. The van der Waals surface area contributed by atoms with Crippen LogP contribution in [0.2, 0.25) is 10.0 Å². The van der Waals surface area contributed by atoms with Crippen LogP contribution in [0.15, 0.2) is 18.2 Å². The standard InChI is InChI=1S/C15H22Cl2N2/c1-11-3-2-7-19(8-6-11)15(10-18)13-5-4-12(16)9-14(13)17/h4-5,9,11,15H,2-3,6-8,10,18H2,1H3. The molecule has 0 bridgehead atoms. The Morgan fingerprint density at radius 3 is 2.79 bits per heavy atom. The lowest BCUT2D eigenvalue weighted by Gasteiger charge is -2.30. The predicted octanol–water partition coefficient (Wildman–Crippen LogP) is 4.12. The molecule has 0 amide bonds. The fourth-order valence-electron chi connectivity index (χ4n) is 2.84. The van der Waals surface area contributed by atoms with Crippen molar-refractivity contribution in [3.8, 4) is 0 Å². The highest BCUT2D eigenvalue weighted by molar-refractivity contribution is 6.35. The maximum Gasteiger partial charge on any atom is 0.0485 e. The fraction of sp³-hybridized carbons (Fsp3) is 0.600. The first-order valence-electron chi connectivity index (χ1n) is 7.01. The van der Waals surface area contributed by atoms with Crippen LogP contribution in [0.1, 0.15) is 37.8 Å². The van der Waals surface area contributed by atoms with Crippen molar-refractivity contribution < 1.29 is 0 Å². The molecule has 1 aliphatic rings. The van der Waals surface area contributed by atoms with Crippen molar-refractivity contribution in [1.29, 1.82) is 0 Å². The topological polar surface area (TPSA) is 29.3 Å². The molecule has 0 spiro atoms. The van der Waals surface area contributed by atoms with Gasteiger partial charge in [-0.05, 0) is 56.0 Å². The summed E-state index contributed by atoms with van der Waals surface area (Å²) >= 11 is 12.3. The van der Waals surface area contributed by atoms with Gasteiger partial charge < -0.3 is 5.73 Å². The summed E-state index contributed by atoms with van der Waals surface area (Å²) in [5, 5.41) is 1.40. The molecular formula is C15H22Cl2N2. The third-order valence-electron chi connectivity index (χ3n) is 4.04. The van der Waals surface area contributed by atoms with E-state index in [-0.39, 0.29) is 6.04 Å². The minimum Gasteiger partial charge on any atom is -0.329 e. The van der Waals surface area contributed by atoms with E-state index < -0.39 is 0 Å². The molecular weight excluding hydrogens is 279 g/mol. The molecule has 1 fully saturated rings. The van der Waals surface area contributed by atoms with Gasteiger partial charge in [0.2, 0.25) is 0 Å². The highest BCUT2D eigenvalue weighted by Gasteiger charge is 2.23. The van der Waals surface area contributed by atoms with Crippen molar-refractivity contribution in [3.63, 3.8) is 0 Å². The van der Waals surface area contributed by atoms with E-state index in [0.29, 0.717) is 11.6 Å². The van der Waals surface area contributed by atoms with Gasteiger partial charge in [-0.25, -0.2) is 0 Å². The van der Waals surface area contributed by atoms with Crippen molar-refractivity contribution in [3.05, 3.63) is 33.8 Å². The molecule has 0 aromatic heterocycles. The second-order valence-corrected chi connectivity index (χ2v) is 6.33. The van der Waals surface area contributed by atoms with E-state index in [2.05, 4.69) is 11.8 Å². The third kappa shape index (κ3) is 3.85. The summed E-state index contributed by atoms with van der Waals surface area (Å²) in [5.74, 6) is 0.809. The van der Waals surface area contributed by atoms with Gasteiger partial charge in [-0.3, -0.25) is 4.90 Å². The Balaban J connectivity index is 2.18. The molecule has 1 heterocycles. The Bertz CT molecular complexity index is 423. The first kappa shape index (κ1) is 15.1. The van der Waals surface area contributed by atoms with Crippen LogP contribution >= 0.6 is 23.2 Å². The largest absolute Gasteiger partial charge is 0.329 e. The van der Waals surface area contributed by atoms with Crippen LogP contribution in [0, 0.1) is 5.92 Å². The van der Waals surface area contributed by atoms with Crippen molar-refractivity contribution in [2.75, 3.05) is 19.6 Å². The molecule has 19 heavy (non-hydrogen) atoms. The number of nitrogens with zero attached hydrogens (tertiary/aromatic N) is 1. The Morgan fingerprint density at radius 1 is 1.32 bits per heavy atom. The smallest absolute Gasteiger partial charge is 0.0485 e. The van der Waals surface area contributed by atoms with Gasteiger partial charge in [0.1, 0.15) is 0 Å². The summed E-state index contributed by atoms with van der Waals surface area (Å²) in [6.45, 7) is 5.12. The monoisotopic (exact) mass is 300 g/mol. The average Bonchev–Trinajstić information content (AvgIpc) is 2.58. The van der Waals surface area contributed by atoms with E-state index in [9.17, 15) is 0 Å². The van der Waals surface area contributed by atoms with E-state index in [4.69, 9.17) is 28.9 Å². The Morgan fingerprint density at radius 2 is 2.11 bits per heavy atom. The minimum absolute atomic E-state index is 0.204. The Hall–Kier alpha value is -0.280. The van der Waals surface area contributed by atoms with Gasteiger partial charge in [-0.2, -0.15) is 0 Å². The van der Waals surface area contributed by atoms with Crippen LogP contribution in [0.5, 0.6) is 0 Å². The zero-order valence-corrected chi connectivity index (χ0v) is 12.9. The summed E-state index contributed by atoms with van der Waals surface area (Å²) in [4.78, 5) is 2.47. The van der Waals surface area contributed by atoms with Gasteiger partial charge in [0.25, 0.3) is 0 Å². The van der Waals surface area contributed by atoms with Gasteiger partial charge in [-0.15, -0.1) is 0 Å². The molecule has 2 N–H and O–H groups in total. The Labute approximate surface area is 125 Å². The van der Waals surface area contributed by atoms with Gasteiger partial charge in [0, 0.05) is 22.6 Å². The molecule has 106 valence electrons. The molecule has 1 aromatic carbocycles. The van der Waals surface area contributed by atoms with Crippen LogP contribution in [-0.2, 0) is 0 Å². The molecule has 2 unspecified atom stereocenters. The number of nitrogens with two attached hydrogens (primary N) is 1. The lowest BCUT2D eigenvalue weighted by atomic mass is 10.0. The molecule has 2 rings (SSSR count). The van der Waals surface area contributed by atoms with E-state index in [1.54, 1.807) is 0 Å². The average molecular weight is 301 g/mol. The molecule has 1 aromatic rings. The van der Waals surface area contributed by atoms with E-state index in [1.165, 1.54) is 19.3 Å². The molecule has 0 saturated carbocycles. The van der Waals surface area contributed by atoms with Crippen molar-refractivity contribution >= 4 is 23.2 Å². The first-order chi connectivity index (χ1) is 9.11. The van der Waals surface area contributed by atoms with Crippen LogP contribution < -0.4 is 5.73 Å². The molecule has 2 nitrogen and oxygen atoms in total. The molecule has 4 heteroatoms. The molecule has 1 saturated heterocycles. The fourth-order valence-corrected chi connectivity index (χ4v) is 3.38. The number of rotatable bonds is 3. The Kier molecular flexibility index (Phi) is 5.52.